The number of aliphatic imine (C=N–C) groups is 1. The van der Waals surface area contributed by atoms with E-state index >= 15 is 0 Å². The average Bonchev–Trinajstić information content (AvgIpc) is 3.30. The SMILES string of the molecule is C(=Nc1nc(SCc2ccccc2)nc2[nH]ncc12)c1ccc[nH]1. The Morgan fingerprint density at radius 2 is 2.00 bits per heavy atom. The van der Waals surface area contributed by atoms with Gasteiger partial charge in [-0.15, -0.1) is 0 Å². The van der Waals surface area contributed by atoms with Crippen LogP contribution in [0.5, 0.6) is 0 Å². The van der Waals surface area contributed by atoms with E-state index in [1.54, 1.807) is 24.2 Å². The van der Waals surface area contributed by atoms with Crippen LogP contribution in [0.3, 0.4) is 0 Å². The first kappa shape index (κ1) is 14.6. The van der Waals surface area contributed by atoms with E-state index in [0.717, 1.165) is 16.8 Å². The number of nitrogens with one attached hydrogen (secondary N) is 2. The molecular weight excluding hydrogens is 320 g/mol. The molecule has 4 rings (SSSR count). The molecule has 0 radical (unpaired) electrons. The van der Waals surface area contributed by atoms with Crippen LogP contribution in [-0.2, 0) is 5.75 Å². The molecule has 0 aliphatic carbocycles. The van der Waals surface area contributed by atoms with Gasteiger partial charge < -0.3 is 4.98 Å². The molecule has 0 unspecified atom stereocenters. The molecule has 1 aromatic carbocycles. The van der Waals surface area contributed by atoms with Crippen molar-refractivity contribution in [3.05, 3.63) is 66.1 Å². The minimum atomic E-state index is 0.610. The van der Waals surface area contributed by atoms with Gasteiger partial charge in [0.2, 0.25) is 0 Å². The summed E-state index contributed by atoms with van der Waals surface area (Å²) in [5, 5.41) is 8.43. The van der Waals surface area contributed by atoms with E-state index in [1.807, 2.05) is 36.5 Å². The zero-order valence-corrected chi connectivity index (χ0v) is 13.5. The number of nitrogens with zero attached hydrogens (tertiary/aromatic N) is 4. The average molecular weight is 334 g/mol. The van der Waals surface area contributed by atoms with Crippen LogP contribution in [0.1, 0.15) is 11.3 Å². The van der Waals surface area contributed by atoms with Gasteiger partial charge in [0.1, 0.15) is 0 Å². The fourth-order valence-corrected chi connectivity index (χ4v) is 3.04. The van der Waals surface area contributed by atoms with E-state index < -0.39 is 0 Å². The first-order chi connectivity index (χ1) is 11.9. The quantitative estimate of drug-likeness (QED) is 0.331. The first-order valence-corrected chi connectivity index (χ1v) is 8.42. The number of aromatic amines is 2. The van der Waals surface area contributed by atoms with Crippen molar-refractivity contribution in [1.82, 2.24) is 25.1 Å². The molecule has 0 saturated carbocycles. The fourth-order valence-electron chi connectivity index (χ4n) is 2.24. The second-order valence-corrected chi connectivity index (χ2v) is 6.06. The maximum absolute atomic E-state index is 4.57. The van der Waals surface area contributed by atoms with Crippen molar-refractivity contribution in [2.45, 2.75) is 10.9 Å². The van der Waals surface area contributed by atoms with Crippen molar-refractivity contribution >= 4 is 34.8 Å². The third-order valence-corrected chi connectivity index (χ3v) is 4.35. The van der Waals surface area contributed by atoms with Crippen molar-refractivity contribution < 1.29 is 0 Å². The predicted molar refractivity (Wildman–Crippen MR) is 95.7 cm³/mol. The maximum atomic E-state index is 4.57. The predicted octanol–water partition coefficient (Wildman–Crippen LogP) is 3.72. The molecular formula is C17H14N6S. The molecule has 0 bridgehead atoms. The summed E-state index contributed by atoms with van der Waals surface area (Å²) in [5.41, 5.74) is 2.84. The van der Waals surface area contributed by atoms with Crippen LogP contribution >= 0.6 is 11.8 Å². The molecule has 24 heavy (non-hydrogen) atoms. The molecule has 0 spiro atoms. The summed E-state index contributed by atoms with van der Waals surface area (Å²) < 4.78 is 0. The number of thioether (sulfide) groups is 1. The zero-order valence-electron chi connectivity index (χ0n) is 12.7. The normalized spacial score (nSPS) is 11.5. The summed E-state index contributed by atoms with van der Waals surface area (Å²) in [6.45, 7) is 0. The van der Waals surface area contributed by atoms with Crippen molar-refractivity contribution in [3.8, 4) is 0 Å². The number of rotatable bonds is 5. The molecule has 4 aromatic rings. The Bertz CT molecular complexity index is 959. The third kappa shape index (κ3) is 3.21. The number of benzene rings is 1. The molecule has 0 aliphatic rings. The van der Waals surface area contributed by atoms with Crippen LogP contribution in [0.15, 0.2) is 65.0 Å². The molecule has 3 heterocycles. The van der Waals surface area contributed by atoms with Crippen LogP contribution in [0.4, 0.5) is 5.82 Å². The number of fused-ring (bicyclic) bond motifs is 1. The lowest BCUT2D eigenvalue weighted by atomic mass is 10.2. The van der Waals surface area contributed by atoms with Crippen LogP contribution in [0.2, 0.25) is 0 Å². The Morgan fingerprint density at radius 3 is 2.83 bits per heavy atom. The molecule has 2 N–H and O–H groups in total. The zero-order chi connectivity index (χ0) is 16.2. The summed E-state index contributed by atoms with van der Waals surface area (Å²) >= 11 is 1.58. The Morgan fingerprint density at radius 1 is 1.08 bits per heavy atom. The summed E-state index contributed by atoms with van der Waals surface area (Å²) in [6.07, 6.45) is 5.30. The Kier molecular flexibility index (Phi) is 4.07. The van der Waals surface area contributed by atoms with Crippen LogP contribution in [0, 0.1) is 0 Å². The lowest BCUT2D eigenvalue weighted by Gasteiger charge is -2.02. The fraction of sp³-hybridized carbons (Fsp3) is 0.0588. The first-order valence-electron chi connectivity index (χ1n) is 7.44. The smallest absolute Gasteiger partial charge is 0.191 e. The van der Waals surface area contributed by atoms with Gasteiger partial charge in [-0.2, -0.15) is 5.10 Å². The van der Waals surface area contributed by atoms with Crippen molar-refractivity contribution in [1.29, 1.82) is 0 Å². The van der Waals surface area contributed by atoms with Crippen molar-refractivity contribution in [2.75, 3.05) is 0 Å². The summed E-state index contributed by atoms with van der Waals surface area (Å²) in [5.74, 6) is 1.42. The molecule has 0 amide bonds. The maximum Gasteiger partial charge on any atom is 0.191 e. The van der Waals surface area contributed by atoms with Gasteiger partial charge in [-0.25, -0.2) is 15.0 Å². The van der Waals surface area contributed by atoms with Gasteiger partial charge >= 0.3 is 0 Å². The molecule has 3 aromatic heterocycles. The lowest BCUT2D eigenvalue weighted by molar-refractivity contribution is 0.979. The van der Waals surface area contributed by atoms with E-state index in [1.165, 1.54) is 5.56 Å². The summed E-state index contributed by atoms with van der Waals surface area (Å²) in [7, 11) is 0. The Labute approximate surface area is 142 Å². The standard InChI is InChI=1S/C17H14N6S/c1-2-5-12(6-3-1)11-24-17-21-15(14-10-20-23-16(14)22-17)19-9-13-7-4-8-18-13/h1-10,18H,11H2,(H,20,21,22,23). The second-order valence-electron chi connectivity index (χ2n) is 5.12. The monoisotopic (exact) mass is 334 g/mol. The van der Waals surface area contributed by atoms with Crippen LogP contribution < -0.4 is 0 Å². The highest BCUT2D eigenvalue weighted by atomic mass is 32.2. The Hall–Kier alpha value is -2.93. The number of hydrogen-bond donors (Lipinski definition) is 2. The van der Waals surface area contributed by atoms with Gasteiger partial charge in [0, 0.05) is 11.9 Å². The van der Waals surface area contributed by atoms with E-state index in [-0.39, 0.29) is 0 Å². The highest BCUT2D eigenvalue weighted by molar-refractivity contribution is 7.98. The molecule has 0 fully saturated rings. The van der Waals surface area contributed by atoms with Crippen LogP contribution in [0.25, 0.3) is 11.0 Å². The molecule has 0 saturated heterocycles. The van der Waals surface area contributed by atoms with Gasteiger partial charge in [-0.3, -0.25) is 5.10 Å². The molecule has 0 aliphatic heterocycles. The molecule has 7 heteroatoms. The van der Waals surface area contributed by atoms with Gasteiger partial charge in [0.05, 0.1) is 23.5 Å². The lowest BCUT2D eigenvalue weighted by Crippen LogP contribution is -1.90. The van der Waals surface area contributed by atoms with Crippen molar-refractivity contribution in [2.24, 2.45) is 4.99 Å². The number of H-pyrrole nitrogens is 2. The Balaban J connectivity index is 1.62. The van der Waals surface area contributed by atoms with Gasteiger partial charge in [-0.05, 0) is 17.7 Å². The molecule has 6 nitrogen and oxygen atoms in total. The highest BCUT2D eigenvalue weighted by Crippen LogP contribution is 2.26. The molecule has 0 atom stereocenters. The van der Waals surface area contributed by atoms with E-state index in [2.05, 4.69) is 42.3 Å². The summed E-state index contributed by atoms with van der Waals surface area (Å²) in [6, 6.07) is 14.1. The summed E-state index contributed by atoms with van der Waals surface area (Å²) in [4.78, 5) is 16.6. The van der Waals surface area contributed by atoms with E-state index in [9.17, 15) is 0 Å². The van der Waals surface area contributed by atoms with Crippen LogP contribution in [-0.4, -0.2) is 31.4 Å². The van der Waals surface area contributed by atoms with Gasteiger partial charge in [-0.1, -0.05) is 42.1 Å². The second kappa shape index (κ2) is 6.67. The van der Waals surface area contributed by atoms with Gasteiger partial charge in [0.15, 0.2) is 16.6 Å². The highest BCUT2D eigenvalue weighted by Gasteiger charge is 2.09. The largest absolute Gasteiger partial charge is 0.360 e. The molecule has 118 valence electrons. The van der Waals surface area contributed by atoms with Crippen molar-refractivity contribution in [3.63, 3.8) is 0 Å². The third-order valence-electron chi connectivity index (χ3n) is 3.43. The van der Waals surface area contributed by atoms with E-state index in [4.69, 9.17) is 0 Å². The topological polar surface area (TPSA) is 82.6 Å². The minimum Gasteiger partial charge on any atom is -0.360 e. The minimum absolute atomic E-state index is 0.610. The van der Waals surface area contributed by atoms with E-state index in [0.29, 0.717) is 16.6 Å². The number of hydrogen-bond acceptors (Lipinski definition) is 5. The van der Waals surface area contributed by atoms with Gasteiger partial charge in [0.25, 0.3) is 0 Å². The number of aromatic nitrogens is 5.